The number of halogens is 1. The van der Waals surface area contributed by atoms with E-state index in [-0.39, 0.29) is 23.7 Å². The summed E-state index contributed by atoms with van der Waals surface area (Å²) in [7, 11) is -3.73. The van der Waals surface area contributed by atoms with Crippen molar-refractivity contribution in [2.75, 3.05) is 18.8 Å². The summed E-state index contributed by atoms with van der Waals surface area (Å²) < 4.78 is 25.9. The molecule has 18 heavy (non-hydrogen) atoms. The standard InChI is InChI=1S/C9H13ClN4O3S/c10-6-1-2-8(7(11)5-6)18(16,17)14-4-3-13-9(12)15/h1-2,5,14H,3-4,11H2,(H3,12,13,15). The van der Waals surface area contributed by atoms with Gasteiger partial charge in [-0.05, 0) is 18.2 Å². The monoisotopic (exact) mass is 292 g/mol. The Hall–Kier alpha value is -1.51. The van der Waals surface area contributed by atoms with Gasteiger partial charge in [0.05, 0.1) is 5.69 Å². The lowest BCUT2D eigenvalue weighted by Gasteiger charge is -2.09. The average Bonchev–Trinajstić information content (AvgIpc) is 2.23. The van der Waals surface area contributed by atoms with Crippen molar-refractivity contribution in [3.8, 4) is 0 Å². The molecule has 0 aliphatic rings. The van der Waals surface area contributed by atoms with Gasteiger partial charge in [0.25, 0.3) is 0 Å². The first-order valence-electron chi connectivity index (χ1n) is 4.91. The molecule has 1 aromatic carbocycles. The third kappa shape index (κ3) is 4.06. The van der Waals surface area contributed by atoms with Gasteiger partial charge < -0.3 is 16.8 Å². The molecule has 0 aliphatic heterocycles. The molecule has 9 heteroatoms. The molecule has 0 radical (unpaired) electrons. The van der Waals surface area contributed by atoms with Gasteiger partial charge in [-0.3, -0.25) is 0 Å². The molecule has 0 bridgehead atoms. The van der Waals surface area contributed by atoms with Crippen LogP contribution < -0.4 is 21.5 Å². The first-order chi connectivity index (χ1) is 8.33. The molecule has 0 saturated heterocycles. The molecule has 0 aliphatic carbocycles. The summed E-state index contributed by atoms with van der Waals surface area (Å²) in [6.45, 7) is 0.0927. The SMILES string of the molecule is NC(=O)NCCNS(=O)(=O)c1ccc(Cl)cc1N. The molecular weight excluding hydrogens is 280 g/mol. The van der Waals surface area contributed by atoms with E-state index in [1.807, 2.05) is 0 Å². The third-order valence-electron chi connectivity index (χ3n) is 1.98. The molecule has 0 spiro atoms. The van der Waals surface area contributed by atoms with Crippen LogP contribution in [0.1, 0.15) is 0 Å². The van der Waals surface area contributed by atoms with E-state index in [1.165, 1.54) is 18.2 Å². The zero-order chi connectivity index (χ0) is 13.8. The second-order valence-electron chi connectivity index (χ2n) is 3.37. The minimum absolute atomic E-state index is 0.00728. The normalized spacial score (nSPS) is 11.2. The van der Waals surface area contributed by atoms with Crippen LogP contribution in [-0.2, 0) is 10.0 Å². The van der Waals surface area contributed by atoms with E-state index in [4.69, 9.17) is 23.1 Å². The number of urea groups is 1. The molecule has 0 heterocycles. The Morgan fingerprint density at radius 2 is 2.00 bits per heavy atom. The molecule has 7 nitrogen and oxygen atoms in total. The van der Waals surface area contributed by atoms with Crippen LogP contribution in [0.15, 0.2) is 23.1 Å². The quantitative estimate of drug-likeness (QED) is 0.445. The van der Waals surface area contributed by atoms with Crippen molar-refractivity contribution in [1.29, 1.82) is 0 Å². The van der Waals surface area contributed by atoms with E-state index in [2.05, 4.69) is 10.0 Å². The predicted octanol–water partition coefficient (Wildman–Crippen LogP) is -0.131. The number of carbonyl (C=O) groups excluding carboxylic acids is 1. The number of hydrogen-bond acceptors (Lipinski definition) is 4. The topological polar surface area (TPSA) is 127 Å². The first-order valence-corrected chi connectivity index (χ1v) is 6.77. The van der Waals surface area contributed by atoms with Crippen molar-refractivity contribution in [2.24, 2.45) is 5.73 Å². The summed E-state index contributed by atoms with van der Waals surface area (Å²) in [6, 6.07) is 3.35. The number of sulfonamides is 1. The van der Waals surface area contributed by atoms with Gasteiger partial charge in [0, 0.05) is 18.1 Å². The van der Waals surface area contributed by atoms with Gasteiger partial charge in [0.1, 0.15) is 4.90 Å². The summed E-state index contributed by atoms with van der Waals surface area (Å²) in [5.41, 5.74) is 10.5. The number of benzene rings is 1. The number of nitrogen functional groups attached to an aromatic ring is 1. The number of nitrogens with two attached hydrogens (primary N) is 2. The van der Waals surface area contributed by atoms with Gasteiger partial charge in [-0.2, -0.15) is 0 Å². The lowest BCUT2D eigenvalue weighted by atomic mass is 10.3. The third-order valence-corrected chi connectivity index (χ3v) is 3.75. The van der Waals surface area contributed by atoms with E-state index in [0.29, 0.717) is 5.02 Å². The van der Waals surface area contributed by atoms with Crippen LogP contribution in [0.2, 0.25) is 5.02 Å². The van der Waals surface area contributed by atoms with Gasteiger partial charge >= 0.3 is 6.03 Å². The molecule has 0 fully saturated rings. The van der Waals surface area contributed by atoms with Crippen LogP contribution in [0.25, 0.3) is 0 Å². The maximum absolute atomic E-state index is 11.8. The van der Waals surface area contributed by atoms with E-state index in [9.17, 15) is 13.2 Å². The van der Waals surface area contributed by atoms with E-state index >= 15 is 0 Å². The highest BCUT2D eigenvalue weighted by Gasteiger charge is 2.16. The molecule has 0 aromatic heterocycles. The fourth-order valence-corrected chi connectivity index (χ4v) is 2.54. The molecular formula is C9H13ClN4O3S. The maximum Gasteiger partial charge on any atom is 0.312 e. The van der Waals surface area contributed by atoms with Crippen LogP contribution in [0.5, 0.6) is 0 Å². The Labute approximate surface area is 110 Å². The van der Waals surface area contributed by atoms with Crippen LogP contribution in [0, 0.1) is 0 Å². The lowest BCUT2D eigenvalue weighted by Crippen LogP contribution is -2.37. The summed E-state index contributed by atoms with van der Waals surface area (Å²) in [5, 5.41) is 2.60. The van der Waals surface area contributed by atoms with Crippen molar-refractivity contribution in [2.45, 2.75) is 4.90 Å². The second kappa shape index (κ2) is 5.89. The Balaban J connectivity index is 2.71. The Morgan fingerprint density at radius 3 is 2.56 bits per heavy atom. The van der Waals surface area contributed by atoms with Crippen molar-refractivity contribution in [3.05, 3.63) is 23.2 Å². The highest BCUT2D eigenvalue weighted by Crippen LogP contribution is 2.21. The fraction of sp³-hybridized carbons (Fsp3) is 0.222. The molecule has 100 valence electrons. The number of nitrogens with one attached hydrogen (secondary N) is 2. The summed E-state index contributed by atoms with van der Waals surface area (Å²) in [5.74, 6) is 0. The van der Waals surface area contributed by atoms with Crippen molar-refractivity contribution >= 4 is 33.3 Å². The molecule has 1 rings (SSSR count). The van der Waals surface area contributed by atoms with Crippen LogP contribution >= 0.6 is 11.6 Å². The summed E-state index contributed by atoms with van der Waals surface area (Å²) >= 11 is 5.67. The van der Waals surface area contributed by atoms with E-state index in [1.54, 1.807) is 0 Å². The Morgan fingerprint density at radius 1 is 1.33 bits per heavy atom. The van der Waals surface area contributed by atoms with Crippen molar-refractivity contribution in [3.63, 3.8) is 0 Å². The average molecular weight is 293 g/mol. The van der Waals surface area contributed by atoms with Crippen LogP contribution in [0.3, 0.4) is 0 Å². The number of primary amides is 1. The highest BCUT2D eigenvalue weighted by atomic mass is 35.5. The van der Waals surface area contributed by atoms with Gasteiger partial charge in [-0.1, -0.05) is 11.6 Å². The van der Waals surface area contributed by atoms with E-state index in [0.717, 1.165) is 0 Å². The van der Waals surface area contributed by atoms with Crippen molar-refractivity contribution < 1.29 is 13.2 Å². The minimum Gasteiger partial charge on any atom is -0.398 e. The van der Waals surface area contributed by atoms with Gasteiger partial charge in [0.15, 0.2) is 0 Å². The summed E-state index contributed by atoms with van der Waals surface area (Å²) in [4.78, 5) is 10.3. The molecule has 1 aromatic rings. The highest BCUT2D eigenvalue weighted by molar-refractivity contribution is 7.89. The summed E-state index contributed by atoms with van der Waals surface area (Å²) in [6.07, 6.45) is 0. The molecule has 0 atom stereocenters. The smallest absolute Gasteiger partial charge is 0.312 e. The largest absolute Gasteiger partial charge is 0.398 e. The molecule has 2 amide bonds. The maximum atomic E-state index is 11.8. The predicted molar refractivity (Wildman–Crippen MR) is 68.6 cm³/mol. The number of hydrogen-bond donors (Lipinski definition) is 4. The fourth-order valence-electron chi connectivity index (χ4n) is 1.21. The zero-order valence-electron chi connectivity index (χ0n) is 9.31. The van der Waals surface area contributed by atoms with Gasteiger partial charge in [0.2, 0.25) is 10.0 Å². The first kappa shape index (κ1) is 14.6. The minimum atomic E-state index is -3.73. The van der Waals surface area contributed by atoms with Crippen molar-refractivity contribution in [1.82, 2.24) is 10.0 Å². The number of carbonyl (C=O) groups is 1. The van der Waals surface area contributed by atoms with Crippen LogP contribution in [-0.4, -0.2) is 27.5 Å². The Bertz CT molecular complexity index is 547. The van der Waals surface area contributed by atoms with Crippen LogP contribution in [0.4, 0.5) is 10.5 Å². The molecule has 0 saturated carbocycles. The molecule has 6 N–H and O–H groups in total. The lowest BCUT2D eigenvalue weighted by molar-refractivity contribution is 0.249. The number of anilines is 1. The Kier molecular flexibility index (Phi) is 4.76. The second-order valence-corrected chi connectivity index (χ2v) is 5.54. The zero-order valence-corrected chi connectivity index (χ0v) is 10.9. The molecule has 0 unspecified atom stereocenters. The van der Waals surface area contributed by atoms with Gasteiger partial charge in [-0.15, -0.1) is 0 Å². The van der Waals surface area contributed by atoms with Gasteiger partial charge in [-0.25, -0.2) is 17.9 Å². The number of rotatable bonds is 5. The number of amides is 2. The van der Waals surface area contributed by atoms with E-state index < -0.39 is 16.1 Å².